The van der Waals surface area contributed by atoms with Gasteiger partial charge < -0.3 is 24.8 Å². The lowest BCUT2D eigenvalue weighted by molar-refractivity contribution is -0.136. The lowest BCUT2D eigenvalue weighted by atomic mass is 10.00. The fourth-order valence-electron chi connectivity index (χ4n) is 6.78. The van der Waals surface area contributed by atoms with Crippen LogP contribution in [0.3, 0.4) is 0 Å². The standard InChI is InChI=1S/C38H37N5O4S/c1-41(22-25-8-3-2-4-9-25)37(47)32(19-26-13-14-27-10-5-6-11-28(27)18-26)40-35(45)33-20-30(44)23-43(33)36(46)31-15-17-42-34(31)24-48-38(42)29-12-7-16-39-21-29/h2-18,21,30,32-33,38,44H,19-20,22-24H2,1H3,(H,40,45). The van der Waals surface area contributed by atoms with Crippen LogP contribution >= 0.6 is 11.8 Å². The number of β-amino-alcohol motifs (C(OH)–C–C–N with tert-alkyl or cyclic N) is 1. The van der Waals surface area contributed by atoms with Crippen molar-refractivity contribution in [3.63, 3.8) is 0 Å². The Bertz CT molecular complexity index is 1950. The predicted octanol–water partition coefficient (Wildman–Crippen LogP) is 4.79. The van der Waals surface area contributed by atoms with Gasteiger partial charge in [0.25, 0.3) is 5.91 Å². The van der Waals surface area contributed by atoms with E-state index in [2.05, 4.69) is 14.9 Å². The fourth-order valence-corrected chi connectivity index (χ4v) is 8.09. The molecule has 0 bridgehead atoms. The summed E-state index contributed by atoms with van der Waals surface area (Å²) in [6, 6.07) is 27.7. The molecule has 10 heteroatoms. The highest BCUT2D eigenvalue weighted by atomic mass is 32.2. The van der Waals surface area contributed by atoms with E-state index in [0.29, 0.717) is 17.9 Å². The van der Waals surface area contributed by atoms with Crippen molar-refractivity contribution in [1.29, 1.82) is 0 Å². The van der Waals surface area contributed by atoms with Crippen molar-refractivity contribution in [2.75, 3.05) is 13.6 Å². The van der Waals surface area contributed by atoms with Gasteiger partial charge in [0.2, 0.25) is 11.8 Å². The fraction of sp³-hybridized carbons (Fsp3) is 0.263. The largest absolute Gasteiger partial charge is 0.391 e. The minimum Gasteiger partial charge on any atom is -0.391 e. The van der Waals surface area contributed by atoms with Gasteiger partial charge in [-0.15, -0.1) is 11.8 Å². The molecule has 2 N–H and O–H groups in total. The van der Waals surface area contributed by atoms with E-state index in [0.717, 1.165) is 33.2 Å². The zero-order valence-electron chi connectivity index (χ0n) is 26.6. The smallest absolute Gasteiger partial charge is 0.256 e. The molecule has 3 aromatic carbocycles. The van der Waals surface area contributed by atoms with Gasteiger partial charge in [-0.05, 0) is 34.0 Å². The van der Waals surface area contributed by atoms with E-state index < -0.39 is 24.1 Å². The van der Waals surface area contributed by atoms with Gasteiger partial charge >= 0.3 is 0 Å². The van der Waals surface area contributed by atoms with Crippen LogP contribution in [0.15, 0.2) is 110 Å². The van der Waals surface area contributed by atoms with E-state index >= 15 is 0 Å². The first-order chi connectivity index (χ1) is 23.4. The summed E-state index contributed by atoms with van der Waals surface area (Å²) in [5.74, 6) is -0.352. The third-order valence-corrected chi connectivity index (χ3v) is 10.5. The van der Waals surface area contributed by atoms with Crippen molar-refractivity contribution in [2.45, 2.75) is 48.7 Å². The maximum absolute atomic E-state index is 14.0. The number of amides is 3. The lowest BCUT2D eigenvalue weighted by Crippen LogP contribution is -2.54. The Labute approximate surface area is 283 Å². The molecule has 2 aliphatic rings. The summed E-state index contributed by atoms with van der Waals surface area (Å²) in [5.41, 5.74) is 4.33. The second kappa shape index (κ2) is 13.7. The molecule has 0 saturated carbocycles. The van der Waals surface area contributed by atoms with Crippen LogP contribution in [0, 0.1) is 0 Å². The van der Waals surface area contributed by atoms with E-state index in [-0.39, 0.29) is 36.6 Å². The van der Waals surface area contributed by atoms with Crippen molar-refractivity contribution in [2.24, 2.45) is 0 Å². The summed E-state index contributed by atoms with van der Waals surface area (Å²) < 4.78 is 2.08. The summed E-state index contributed by atoms with van der Waals surface area (Å²) in [5, 5.41) is 15.9. The quantitative estimate of drug-likeness (QED) is 0.236. The number of nitrogens with one attached hydrogen (secondary N) is 1. The molecule has 1 fully saturated rings. The number of likely N-dealkylation sites (N-methyl/N-ethyl adjacent to an activating group) is 1. The molecule has 0 radical (unpaired) electrons. The Hall–Kier alpha value is -4.93. The Morgan fingerprint density at radius 3 is 2.56 bits per heavy atom. The first-order valence-electron chi connectivity index (χ1n) is 16.1. The van der Waals surface area contributed by atoms with E-state index in [9.17, 15) is 19.5 Å². The number of fused-ring (bicyclic) bond motifs is 2. The van der Waals surface area contributed by atoms with Crippen LogP contribution in [0.25, 0.3) is 10.8 Å². The molecule has 48 heavy (non-hydrogen) atoms. The maximum atomic E-state index is 14.0. The summed E-state index contributed by atoms with van der Waals surface area (Å²) in [7, 11) is 1.73. The van der Waals surface area contributed by atoms with E-state index in [1.165, 1.54) is 4.90 Å². The Morgan fingerprint density at radius 1 is 0.979 bits per heavy atom. The van der Waals surface area contributed by atoms with Gasteiger partial charge in [-0.3, -0.25) is 19.4 Å². The van der Waals surface area contributed by atoms with Crippen LogP contribution in [0.1, 0.15) is 44.5 Å². The number of rotatable bonds is 9. The van der Waals surface area contributed by atoms with Crippen molar-refractivity contribution in [3.8, 4) is 0 Å². The monoisotopic (exact) mass is 659 g/mol. The van der Waals surface area contributed by atoms with E-state index in [1.54, 1.807) is 36.0 Å². The number of likely N-dealkylation sites (tertiary alicyclic amines) is 1. The third kappa shape index (κ3) is 6.46. The van der Waals surface area contributed by atoms with Gasteiger partial charge in [0.05, 0.1) is 11.7 Å². The minimum atomic E-state index is -0.919. The second-order valence-corrected chi connectivity index (χ2v) is 13.6. The van der Waals surface area contributed by atoms with Gasteiger partial charge in [0.1, 0.15) is 17.5 Å². The van der Waals surface area contributed by atoms with Crippen LogP contribution in [0.2, 0.25) is 0 Å². The van der Waals surface area contributed by atoms with Crippen molar-refractivity contribution in [1.82, 2.24) is 24.7 Å². The molecule has 2 aromatic heterocycles. The highest BCUT2D eigenvalue weighted by Gasteiger charge is 2.42. The van der Waals surface area contributed by atoms with Crippen LogP contribution in [0.5, 0.6) is 0 Å². The van der Waals surface area contributed by atoms with Crippen molar-refractivity contribution >= 4 is 40.3 Å². The number of thioether (sulfide) groups is 1. The topological polar surface area (TPSA) is 108 Å². The van der Waals surface area contributed by atoms with Gasteiger partial charge in [0, 0.05) is 68.6 Å². The Morgan fingerprint density at radius 2 is 1.77 bits per heavy atom. The summed E-state index contributed by atoms with van der Waals surface area (Å²) >= 11 is 1.71. The molecule has 0 aliphatic carbocycles. The van der Waals surface area contributed by atoms with Gasteiger partial charge in [-0.1, -0.05) is 78.9 Å². The Kier molecular flexibility index (Phi) is 9.01. The molecular weight excluding hydrogens is 623 g/mol. The number of benzene rings is 3. The second-order valence-electron chi connectivity index (χ2n) is 12.5. The molecule has 1 saturated heterocycles. The van der Waals surface area contributed by atoms with Crippen molar-refractivity contribution in [3.05, 3.63) is 138 Å². The average molecular weight is 660 g/mol. The zero-order valence-corrected chi connectivity index (χ0v) is 27.4. The third-order valence-electron chi connectivity index (χ3n) is 9.20. The lowest BCUT2D eigenvalue weighted by Gasteiger charge is -2.28. The molecule has 7 rings (SSSR count). The van der Waals surface area contributed by atoms with E-state index in [4.69, 9.17) is 0 Å². The molecule has 4 heterocycles. The number of nitrogens with zero attached hydrogens (tertiary/aromatic N) is 4. The molecule has 0 spiro atoms. The van der Waals surface area contributed by atoms with Crippen LogP contribution in [0.4, 0.5) is 0 Å². The number of hydrogen-bond acceptors (Lipinski definition) is 6. The molecule has 9 nitrogen and oxygen atoms in total. The molecule has 244 valence electrons. The highest BCUT2D eigenvalue weighted by Crippen LogP contribution is 2.42. The van der Waals surface area contributed by atoms with Crippen LogP contribution < -0.4 is 5.32 Å². The number of aliphatic hydroxyl groups excluding tert-OH is 1. The molecule has 4 unspecified atom stereocenters. The number of aliphatic hydroxyl groups is 1. The molecule has 2 aliphatic heterocycles. The highest BCUT2D eigenvalue weighted by molar-refractivity contribution is 7.99. The minimum absolute atomic E-state index is 0.00765. The number of aromatic nitrogens is 2. The molecular formula is C38H37N5O4S. The normalized spacial score (nSPS) is 19.2. The van der Waals surface area contributed by atoms with Crippen LogP contribution in [-0.2, 0) is 28.3 Å². The first kappa shape index (κ1) is 31.7. The molecule has 3 amide bonds. The summed E-state index contributed by atoms with van der Waals surface area (Å²) in [4.78, 5) is 49.4. The van der Waals surface area contributed by atoms with Gasteiger partial charge in [-0.2, -0.15) is 0 Å². The molecule has 4 atom stereocenters. The summed E-state index contributed by atoms with van der Waals surface area (Å²) in [6.45, 7) is 0.423. The van der Waals surface area contributed by atoms with Gasteiger partial charge in [-0.25, -0.2) is 0 Å². The van der Waals surface area contributed by atoms with Crippen LogP contribution in [-0.4, -0.2) is 74.0 Å². The average Bonchev–Trinajstić information content (AvgIpc) is 3.83. The SMILES string of the molecule is CN(Cc1ccccc1)C(=O)C(Cc1ccc2ccccc2c1)NC(=O)C1CC(O)CN1C(=O)c1ccn2c1CSC2c1cccnc1. The number of pyridine rings is 1. The predicted molar refractivity (Wildman–Crippen MR) is 186 cm³/mol. The molecule has 5 aromatic rings. The van der Waals surface area contributed by atoms with Gasteiger partial charge in [0.15, 0.2) is 0 Å². The maximum Gasteiger partial charge on any atom is 0.256 e. The zero-order chi connectivity index (χ0) is 33.2. The number of hydrogen-bond donors (Lipinski definition) is 2. The van der Waals surface area contributed by atoms with E-state index in [1.807, 2.05) is 97.3 Å². The summed E-state index contributed by atoms with van der Waals surface area (Å²) in [6.07, 6.45) is 4.99. The number of carbonyl (C=O) groups is 3. The number of carbonyl (C=O) groups excluding carboxylic acids is 3. The van der Waals surface area contributed by atoms with Crippen molar-refractivity contribution < 1.29 is 19.5 Å². The Balaban J connectivity index is 1.12. The first-order valence-corrected chi connectivity index (χ1v) is 17.2.